The second kappa shape index (κ2) is 30.3. The molecule has 4 saturated heterocycles. The summed E-state index contributed by atoms with van der Waals surface area (Å²) in [6, 6.07) is 7.81. The summed E-state index contributed by atoms with van der Waals surface area (Å²) in [5, 5.41) is 57.5. The zero-order valence-electron chi connectivity index (χ0n) is 54.7. The molecule has 29 nitrogen and oxygen atoms in total. The molecule has 96 heavy (non-hydrogen) atoms. The van der Waals surface area contributed by atoms with Crippen LogP contribution < -0.4 is 31.7 Å². The second-order valence-corrected chi connectivity index (χ2v) is 25.8. The van der Waals surface area contributed by atoms with E-state index in [1.54, 1.807) is 57.3 Å². The number of imide groups is 1. The number of rotatable bonds is 26. The number of carbonyl (C=O) groups excluding carboxylic acids is 9. The first-order valence-corrected chi connectivity index (χ1v) is 32.6. The number of nitrogens with zero attached hydrogens (tertiary/aromatic N) is 4. The Morgan fingerprint density at radius 2 is 1.61 bits per heavy atom. The van der Waals surface area contributed by atoms with Crippen molar-refractivity contribution >= 4 is 64.6 Å². The van der Waals surface area contributed by atoms with Crippen LogP contribution in [0.1, 0.15) is 135 Å². The molecule has 10 N–H and O–H groups in total. The number of urea groups is 1. The van der Waals surface area contributed by atoms with Crippen molar-refractivity contribution in [2.24, 2.45) is 11.7 Å². The Hall–Kier alpha value is -8.42. The molecule has 3 aromatic rings. The average Bonchev–Trinajstić information content (AvgIpc) is 0.857. The zero-order chi connectivity index (χ0) is 68.9. The predicted molar refractivity (Wildman–Crippen MR) is 341 cm³/mol. The number of likely N-dealkylation sites (tertiary alicyclic amines) is 1. The van der Waals surface area contributed by atoms with Crippen LogP contribution in [0, 0.1) is 11.3 Å². The number of nitrogens with one attached hydrogen (secondary N) is 5. The number of benzene rings is 3. The maximum Gasteiger partial charge on any atom is 0.410 e. The fourth-order valence-electron chi connectivity index (χ4n) is 13.9. The molecule has 0 bridgehead atoms. The lowest BCUT2D eigenvalue weighted by molar-refractivity contribution is -0.256. The number of methoxy groups -OCH3 is 2. The van der Waals surface area contributed by atoms with Gasteiger partial charge in [0.2, 0.25) is 17.7 Å². The smallest absolute Gasteiger partial charge is 0.410 e. The minimum Gasteiger partial charge on any atom is -0.507 e. The molecule has 0 aromatic heterocycles. The largest absolute Gasteiger partial charge is 0.507 e. The number of unbranched alkanes of at least 4 members (excludes halogenated alkanes) is 2. The normalized spacial score (nSPS) is 24.6. The van der Waals surface area contributed by atoms with Crippen LogP contribution in [-0.4, -0.2) is 222 Å². The molecule has 0 unspecified atom stereocenters. The Bertz CT molecular complexity index is 3500. The van der Waals surface area contributed by atoms with Crippen molar-refractivity contribution in [1.82, 2.24) is 35.6 Å². The van der Waals surface area contributed by atoms with Crippen LogP contribution in [0.3, 0.4) is 0 Å². The number of ether oxygens (including phenoxy) is 7. The number of hydrogen-bond acceptors (Lipinski definition) is 22. The quantitative estimate of drug-likeness (QED) is 0.0248. The van der Waals surface area contributed by atoms with Gasteiger partial charge < -0.3 is 80.4 Å². The molecule has 10 rings (SSSR count). The van der Waals surface area contributed by atoms with E-state index >= 15 is 0 Å². The van der Waals surface area contributed by atoms with Crippen LogP contribution in [0.4, 0.5) is 15.3 Å². The number of anilines is 1. The number of hydrogen-bond donors (Lipinski definition) is 9. The number of morpholine rings is 1. The standard InChI is InChI=1S/C67H86N10O19/c1-35(2)56(73-47(79)15-8-7-9-25-77-48(80)20-21-49(77)81)62(86)72-42(13-11-24-70-65(69)87)61(85)71-38-18-16-37(17-19-38)34-93-66(88)74(4)39-22-26-75(27-23-39)33-46(78)67(89)31-41-52(59(84)53-54(58(41)83)57(82)40-12-10-14-44(90-5)51(40)55(53)68)45(32-67)95-50-30-43-60(36(3)94-50)96-63-64(91-6)92-29-28-76(43)63/h10,12,14,16-21,35-36,39,42-43,45,50,56,60,63-64,68,83-84,89H,7-9,11,13,15,22-34H2,1-6H3,(H,71,85)(H,72,86)(H,73,79)(H3,69,70,87)/t36-,42-,43-,45-,50-,56-,60+,63+,64-,67-/m0/s1. The molecule has 8 amide bonds. The Morgan fingerprint density at radius 1 is 0.885 bits per heavy atom. The number of fused-ring (bicyclic) bond motifs is 6. The van der Waals surface area contributed by atoms with E-state index in [1.165, 1.54) is 37.3 Å². The number of aromatic hydroxyl groups is 2. The molecule has 0 radical (unpaired) electrons. The first-order chi connectivity index (χ1) is 45.9. The Morgan fingerprint density at radius 3 is 2.30 bits per heavy atom. The molecule has 518 valence electrons. The lowest BCUT2D eigenvalue weighted by atomic mass is 9.71. The second-order valence-electron chi connectivity index (χ2n) is 25.8. The third-order valence-electron chi connectivity index (χ3n) is 19.1. The third-order valence-corrected chi connectivity index (χ3v) is 19.1. The van der Waals surface area contributed by atoms with Crippen molar-refractivity contribution in [3.8, 4) is 17.2 Å². The number of phenols is 2. The van der Waals surface area contributed by atoms with Gasteiger partial charge in [0.1, 0.15) is 47.6 Å². The van der Waals surface area contributed by atoms with E-state index in [0.29, 0.717) is 69.6 Å². The van der Waals surface area contributed by atoms with Crippen molar-refractivity contribution in [2.45, 2.75) is 165 Å². The van der Waals surface area contributed by atoms with E-state index in [2.05, 4.69) is 26.2 Å². The highest BCUT2D eigenvalue weighted by Gasteiger charge is 2.55. The van der Waals surface area contributed by atoms with Crippen LogP contribution in [0.15, 0.2) is 54.6 Å². The lowest BCUT2D eigenvalue weighted by Crippen LogP contribution is -2.55. The van der Waals surface area contributed by atoms with Gasteiger partial charge in [-0.2, -0.15) is 0 Å². The van der Waals surface area contributed by atoms with Crippen LogP contribution in [0.25, 0.3) is 0 Å². The van der Waals surface area contributed by atoms with E-state index in [-0.39, 0.29) is 145 Å². The van der Waals surface area contributed by atoms with Crippen molar-refractivity contribution < 1.29 is 91.6 Å². The summed E-state index contributed by atoms with van der Waals surface area (Å²) in [5.41, 5.74) is 3.23. The summed E-state index contributed by atoms with van der Waals surface area (Å²) < 4.78 is 42.3. The maximum absolute atomic E-state index is 14.7. The highest BCUT2D eigenvalue weighted by molar-refractivity contribution is 6.32. The minimum absolute atomic E-state index is 0.0102. The number of piperidine rings is 1. The summed E-state index contributed by atoms with van der Waals surface area (Å²) in [5.74, 6) is -4.88. The van der Waals surface area contributed by atoms with E-state index in [9.17, 15) is 63.9 Å². The SMILES string of the molecule is COc1cccc2c1C(=N)c1c(O)c3c(c(O)c1C2=O)C[C@@](O)(C(=O)CN1CCC(N(C)C(=O)OCc2ccc(NC(=O)[C@H](CCCNC(N)=O)NC(=O)[C@@H](NC(=O)CCCCCN4C(=O)C=CC4=O)C(C)C)cc2)CC1)C[C@@H]3O[C@H]1C[C@H]2[C@H](O[C@@H]3[C@@H](OC)OCCN32)[C@H](C)O1. The Balaban J connectivity index is 0.735. The molecule has 10 atom stereocenters. The monoisotopic (exact) mass is 1330 g/mol. The van der Waals surface area contributed by atoms with Crippen LogP contribution in [-0.2, 0) is 70.2 Å². The summed E-state index contributed by atoms with van der Waals surface area (Å²) in [6.45, 7) is 6.96. The van der Waals surface area contributed by atoms with Crippen molar-refractivity contribution in [3.63, 3.8) is 0 Å². The predicted octanol–water partition coefficient (Wildman–Crippen LogP) is 3.14. The molecule has 5 aliphatic heterocycles. The fourth-order valence-corrected chi connectivity index (χ4v) is 13.9. The summed E-state index contributed by atoms with van der Waals surface area (Å²) >= 11 is 0. The molecule has 5 heterocycles. The number of nitrogens with two attached hydrogens (primary N) is 1. The van der Waals surface area contributed by atoms with Crippen LogP contribution in [0.2, 0.25) is 0 Å². The van der Waals surface area contributed by atoms with Gasteiger partial charge in [-0.3, -0.25) is 53.7 Å². The number of ketones is 2. The molecule has 0 saturated carbocycles. The maximum atomic E-state index is 14.7. The van der Waals surface area contributed by atoms with Gasteiger partial charge in [0.25, 0.3) is 11.8 Å². The Labute approximate surface area is 555 Å². The lowest BCUT2D eigenvalue weighted by Gasteiger charge is -2.44. The van der Waals surface area contributed by atoms with Gasteiger partial charge in [-0.05, 0) is 75.1 Å². The highest BCUT2D eigenvalue weighted by Crippen LogP contribution is 2.53. The average molecular weight is 1340 g/mol. The zero-order valence-corrected chi connectivity index (χ0v) is 54.7. The molecular formula is C67H86N10O19. The van der Waals surface area contributed by atoms with Crippen molar-refractivity contribution in [1.29, 1.82) is 5.41 Å². The Kier molecular flexibility index (Phi) is 22.2. The van der Waals surface area contributed by atoms with E-state index in [1.807, 2.05) is 11.8 Å². The number of carbonyl (C=O) groups is 9. The van der Waals surface area contributed by atoms with E-state index in [4.69, 9.17) is 38.9 Å². The van der Waals surface area contributed by atoms with Gasteiger partial charge in [0.15, 0.2) is 30.4 Å². The molecule has 0 spiro atoms. The number of primary amides is 1. The van der Waals surface area contributed by atoms with Gasteiger partial charge in [0, 0.05) is 119 Å². The molecular weight excluding hydrogens is 1250 g/mol. The summed E-state index contributed by atoms with van der Waals surface area (Å²) in [4.78, 5) is 125. The number of Topliss-reactive ketones (excluding diaryl/α,β-unsaturated/α-hetero) is 1. The number of aliphatic hydroxyl groups is 1. The van der Waals surface area contributed by atoms with Crippen molar-refractivity contribution in [2.75, 3.05) is 72.5 Å². The number of amides is 8. The van der Waals surface area contributed by atoms with Gasteiger partial charge in [-0.1, -0.05) is 44.5 Å². The first kappa shape index (κ1) is 70.4. The number of phenolic OH excluding ortho intramolecular Hbond substituents is 2. The highest BCUT2D eigenvalue weighted by atomic mass is 16.7. The van der Waals surface area contributed by atoms with Gasteiger partial charge in [0.05, 0.1) is 54.9 Å². The molecule has 2 aliphatic carbocycles. The molecule has 4 fully saturated rings. The van der Waals surface area contributed by atoms with Gasteiger partial charge in [-0.15, -0.1) is 0 Å². The van der Waals surface area contributed by atoms with E-state index in [0.717, 1.165) is 4.90 Å². The summed E-state index contributed by atoms with van der Waals surface area (Å²) in [7, 11) is 4.55. The van der Waals surface area contributed by atoms with Crippen LogP contribution in [0.5, 0.6) is 17.2 Å². The van der Waals surface area contributed by atoms with Gasteiger partial charge >= 0.3 is 12.1 Å². The van der Waals surface area contributed by atoms with Crippen LogP contribution >= 0.6 is 0 Å². The topological polar surface area (TPSA) is 390 Å². The first-order valence-electron chi connectivity index (χ1n) is 32.6. The molecule has 3 aromatic carbocycles. The molecule has 7 aliphatic rings. The van der Waals surface area contributed by atoms with Crippen molar-refractivity contribution in [3.05, 3.63) is 93.6 Å². The van der Waals surface area contributed by atoms with Gasteiger partial charge in [-0.25, -0.2) is 9.59 Å². The third kappa shape index (κ3) is 15.2. The summed E-state index contributed by atoms with van der Waals surface area (Å²) in [6.07, 6.45) is -0.314. The molecule has 29 heteroatoms. The van der Waals surface area contributed by atoms with E-state index < -0.39 is 102 Å². The minimum atomic E-state index is -2.21. The fraction of sp³-hybridized carbons (Fsp3) is 0.552.